The van der Waals surface area contributed by atoms with Crippen molar-refractivity contribution >= 4 is 23.4 Å². The molecule has 1 aromatic heterocycles. The van der Waals surface area contributed by atoms with E-state index in [1.54, 1.807) is 11.8 Å². The number of aryl methyl sites for hydroxylation is 2. The molecule has 0 bridgehead atoms. The number of hydrogen-bond acceptors (Lipinski definition) is 3. The standard InChI is InChI=1S/C15H17ClN2S/c1-4-5-12-14(16)17-9-18-15(12)19-13-8-10(2)6-7-11(13)3/h6-9H,4-5H2,1-3H3. The Morgan fingerprint density at radius 1 is 1.21 bits per heavy atom. The Kier molecular flexibility index (Phi) is 4.83. The zero-order valence-electron chi connectivity index (χ0n) is 11.4. The van der Waals surface area contributed by atoms with Gasteiger partial charge in [0.25, 0.3) is 0 Å². The van der Waals surface area contributed by atoms with Gasteiger partial charge in [0, 0.05) is 10.5 Å². The summed E-state index contributed by atoms with van der Waals surface area (Å²) in [5, 5.41) is 1.54. The Labute approximate surface area is 123 Å². The molecule has 2 nitrogen and oxygen atoms in total. The van der Waals surface area contributed by atoms with Crippen LogP contribution in [0.25, 0.3) is 0 Å². The van der Waals surface area contributed by atoms with E-state index in [0.29, 0.717) is 5.15 Å². The SMILES string of the molecule is CCCc1c(Cl)ncnc1Sc1cc(C)ccc1C. The van der Waals surface area contributed by atoms with E-state index in [-0.39, 0.29) is 0 Å². The molecule has 1 heterocycles. The van der Waals surface area contributed by atoms with Crippen LogP contribution in [0.2, 0.25) is 5.15 Å². The van der Waals surface area contributed by atoms with E-state index >= 15 is 0 Å². The second kappa shape index (κ2) is 6.40. The Hall–Kier alpha value is -1.06. The molecular formula is C15H17ClN2S. The van der Waals surface area contributed by atoms with Crippen molar-refractivity contribution in [2.24, 2.45) is 0 Å². The van der Waals surface area contributed by atoms with Crippen molar-refractivity contribution in [3.8, 4) is 0 Å². The van der Waals surface area contributed by atoms with Crippen molar-refractivity contribution in [1.82, 2.24) is 9.97 Å². The molecule has 0 unspecified atom stereocenters. The lowest BCUT2D eigenvalue weighted by atomic mass is 10.2. The third kappa shape index (κ3) is 3.48. The lowest BCUT2D eigenvalue weighted by Gasteiger charge is -2.10. The van der Waals surface area contributed by atoms with Gasteiger partial charge in [-0.05, 0) is 37.5 Å². The van der Waals surface area contributed by atoms with Gasteiger partial charge in [0.1, 0.15) is 16.5 Å². The van der Waals surface area contributed by atoms with Crippen LogP contribution in [-0.4, -0.2) is 9.97 Å². The van der Waals surface area contributed by atoms with Crippen LogP contribution in [0.15, 0.2) is 34.4 Å². The van der Waals surface area contributed by atoms with Crippen LogP contribution in [0.4, 0.5) is 0 Å². The van der Waals surface area contributed by atoms with Gasteiger partial charge < -0.3 is 0 Å². The predicted molar refractivity (Wildman–Crippen MR) is 81.1 cm³/mol. The molecule has 2 rings (SSSR count). The lowest BCUT2D eigenvalue weighted by Crippen LogP contribution is -1.96. The number of hydrogen-bond donors (Lipinski definition) is 0. The number of benzene rings is 1. The smallest absolute Gasteiger partial charge is 0.136 e. The number of halogens is 1. The van der Waals surface area contributed by atoms with Crippen LogP contribution >= 0.6 is 23.4 Å². The van der Waals surface area contributed by atoms with E-state index in [1.807, 2.05) is 0 Å². The largest absolute Gasteiger partial charge is 0.229 e. The predicted octanol–water partition coefficient (Wildman–Crippen LogP) is 4.85. The van der Waals surface area contributed by atoms with E-state index in [4.69, 9.17) is 11.6 Å². The molecular weight excluding hydrogens is 276 g/mol. The van der Waals surface area contributed by atoms with Crippen molar-refractivity contribution in [3.05, 3.63) is 46.4 Å². The minimum Gasteiger partial charge on any atom is -0.229 e. The number of aromatic nitrogens is 2. The minimum atomic E-state index is 0.574. The van der Waals surface area contributed by atoms with Gasteiger partial charge in [-0.2, -0.15) is 0 Å². The van der Waals surface area contributed by atoms with E-state index < -0.39 is 0 Å². The lowest BCUT2D eigenvalue weighted by molar-refractivity contribution is 0.856. The fraction of sp³-hybridized carbons (Fsp3) is 0.333. The summed E-state index contributed by atoms with van der Waals surface area (Å²) in [5.41, 5.74) is 3.57. The molecule has 1 aromatic carbocycles. The molecule has 19 heavy (non-hydrogen) atoms. The maximum absolute atomic E-state index is 6.18. The first kappa shape index (κ1) is 14.4. The van der Waals surface area contributed by atoms with Crippen LogP contribution in [0.1, 0.15) is 30.0 Å². The monoisotopic (exact) mass is 292 g/mol. The maximum Gasteiger partial charge on any atom is 0.136 e. The quantitative estimate of drug-likeness (QED) is 0.753. The molecule has 0 aliphatic rings. The van der Waals surface area contributed by atoms with Crippen molar-refractivity contribution in [2.45, 2.75) is 43.5 Å². The van der Waals surface area contributed by atoms with Gasteiger partial charge in [-0.15, -0.1) is 0 Å². The topological polar surface area (TPSA) is 25.8 Å². The molecule has 0 amide bonds. The summed E-state index contributed by atoms with van der Waals surface area (Å²) in [6, 6.07) is 6.45. The number of nitrogens with zero attached hydrogens (tertiary/aromatic N) is 2. The van der Waals surface area contributed by atoms with E-state index in [1.165, 1.54) is 22.3 Å². The van der Waals surface area contributed by atoms with Crippen LogP contribution in [0.3, 0.4) is 0 Å². The molecule has 4 heteroatoms. The molecule has 0 aliphatic heterocycles. The van der Waals surface area contributed by atoms with Crippen LogP contribution in [-0.2, 0) is 6.42 Å². The van der Waals surface area contributed by atoms with E-state index in [0.717, 1.165) is 23.4 Å². The Morgan fingerprint density at radius 3 is 2.74 bits per heavy atom. The van der Waals surface area contributed by atoms with Crippen LogP contribution in [0, 0.1) is 13.8 Å². The Morgan fingerprint density at radius 2 is 2.00 bits per heavy atom. The van der Waals surface area contributed by atoms with Gasteiger partial charge in [0.2, 0.25) is 0 Å². The maximum atomic E-state index is 6.18. The van der Waals surface area contributed by atoms with Crippen molar-refractivity contribution in [3.63, 3.8) is 0 Å². The summed E-state index contributed by atoms with van der Waals surface area (Å²) >= 11 is 7.85. The summed E-state index contributed by atoms with van der Waals surface area (Å²) in [7, 11) is 0. The van der Waals surface area contributed by atoms with Gasteiger partial charge >= 0.3 is 0 Å². The molecule has 0 spiro atoms. The van der Waals surface area contributed by atoms with E-state index in [2.05, 4.69) is 48.9 Å². The summed E-state index contributed by atoms with van der Waals surface area (Å²) in [5.74, 6) is 0. The molecule has 0 radical (unpaired) electrons. The molecule has 2 aromatic rings. The van der Waals surface area contributed by atoms with Gasteiger partial charge in [0.15, 0.2) is 0 Å². The summed E-state index contributed by atoms with van der Waals surface area (Å²) in [6.45, 7) is 6.35. The average Bonchev–Trinajstić information content (AvgIpc) is 2.38. The number of rotatable bonds is 4. The van der Waals surface area contributed by atoms with Gasteiger partial charge in [-0.3, -0.25) is 0 Å². The van der Waals surface area contributed by atoms with Gasteiger partial charge in [-0.1, -0.05) is 48.8 Å². The van der Waals surface area contributed by atoms with E-state index in [9.17, 15) is 0 Å². The molecule has 0 N–H and O–H groups in total. The molecule has 100 valence electrons. The molecule has 0 saturated heterocycles. The molecule has 0 atom stereocenters. The summed E-state index contributed by atoms with van der Waals surface area (Å²) < 4.78 is 0. The van der Waals surface area contributed by atoms with Crippen molar-refractivity contribution < 1.29 is 0 Å². The van der Waals surface area contributed by atoms with Gasteiger partial charge in [0.05, 0.1) is 0 Å². The highest BCUT2D eigenvalue weighted by Gasteiger charge is 2.11. The first-order valence-corrected chi connectivity index (χ1v) is 7.55. The summed E-state index contributed by atoms with van der Waals surface area (Å²) in [4.78, 5) is 9.70. The molecule has 0 fully saturated rings. The minimum absolute atomic E-state index is 0.574. The summed E-state index contributed by atoms with van der Waals surface area (Å²) in [6.07, 6.45) is 3.48. The fourth-order valence-corrected chi connectivity index (χ4v) is 3.23. The van der Waals surface area contributed by atoms with Crippen molar-refractivity contribution in [1.29, 1.82) is 0 Å². The fourth-order valence-electron chi connectivity index (χ4n) is 1.85. The highest BCUT2D eigenvalue weighted by Crippen LogP contribution is 2.34. The van der Waals surface area contributed by atoms with Crippen LogP contribution < -0.4 is 0 Å². The first-order valence-electron chi connectivity index (χ1n) is 6.36. The molecule has 0 saturated carbocycles. The molecule has 0 aliphatic carbocycles. The van der Waals surface area contributed by atoms with Crippen LogP contribution in [0.5, 0.6) is 0 Å². The normalized spacial score (nSPS) is 10.7. The van der Waals surface area contributed by atoms with Crippen molar-refractivity contribution in [2.75, 3.05) is 0 Å². The third-order valence-corrected chi connectivity index (χ3v) is 4.43. The highest BCUT2D eigenvalue weighted by molar-refractivity contribution is 7.99. The highest BCUT2D eigenvalue weighted by atomic mass is 35.5. The average molecular weight is 293 g/mol. The second-order valence-electron chi connectivity index (χ2n) is 4.57. The zero-order chi connectivity index (χ0) is 13.8. The second-order valence-corrected chi connectivity index (χ2v) is 5.96. The third-order valence-electron chi connectivity index (χ3n) is 2.90. The first-order chi connectivity index (χ1) is 9.11. The Balaban J connectivity index is 2.37. The Bertz CT molecular complexity index is 584. The zero-order valence-corrected chi connectivity index (χ0v) is 13.0. The van der Waals surface area contributed by atoms with Gasteiger partial charge in [-0.25, -0.2) is 9.97 Å².